The number of halogens is 1. The summed E-state index contributed by atoms with van der Waals surface area (Å²) in [7, 11) is 0. The molecule has 3 aromatic carbocycles. The maximum absolute atomic E-state index is 6.18. The van der Waals surface area contributed by atoms with Crippen molar-refractivity contribution in [1.29, 1.82) is 0 Å². The van der Waals surface area contributed by atoms with Gasteiger partial charge in [-0.25, -0.2) is 0 Å². The summed E-state index contributed by atoms with van der Waals surface area (Å²) in [4.78, 5) is 0. The number of anilines is 1. The summed E-state index contributed by atoms with van der Waals surface area (Å²) in [5, 5.41) is 1.14. The maximum Gasteiger partial charge on any atom is 0.149 e. The molecule has 0 unspecified atom stereocenters. The van der Waals surface area contributed by atoms with Gasteiger partial charge in [-0.05, 0) is 40.3 Å². The minimum Gasteiger partial charge on any atom is -0.455 e. The summed E-state index contributed by atoms with van der Waals surface area (Å²) >= 11 is 2.36. The van der Waals surface area contributed by atoms with Gasteiger partial charge < -0.3 is 10.2 Å². The Morgan fingerprint density at radius 3 is 2.04 bits per heavy atom. The normalized spacial score (nSPS) is 11.0. The molecule has 0 saturated carbocycles. The molecule has 4 rings (SSSR count). The van der Waals surface area contributed by atoms with Gasteiger partial charge in [0.25, 0.3) is 0 Å². The van der Waals surface area contributed by atoms with Crippen LogP contribution in [-0.4, -0.2) is 0 Å². The van der Waals surface area contributed by atoms with Crippen molar-refractivity contribution in [2.45, 2.75) is 0 Å². The summed E-state index contributed by atoms with van der Waals surface area (Å²) in [6, 6.07) is 24.3. The molecular weight excluding hydrogens is 397 g/mol. The van der Waals surface area contributed by atoms with Gasteiger partial charge >= 0.3 is 0 Å². The third kappa shape index (κ3) is 2.41. The molecule has 0 fully saturated rings. The second-order valence-corrected chi connectivity index (χ2v) is 6.45. The van der Waals surface area contributed by atoms with Crippen LogP contribution in [0.4, 0.5) is 5.69 Å². The van der Waals surface area contributed by atoms with Crippen molar-refractivity contribution in [3.05, 3.63) is 76.4 Å². The Morgan fingerprint density at radius 1 is 0.696 bits per heavy atom. The monoisotopic (exact) mass is 411 g/mol. The highest BCUT2D eigenvalue weighted by Gasteiger charge is 2.17. The number of para-hydroxylation sites is 2. The van der Waals surface area contributed by atoms with E-state index < -0.39 is 0 Å². The SMILES string of the molecule is Nc1ccccc1-c1ccccc1-c1oc2ccccc2c1I. The molecule has 0 radical (unpaired) electrons. The number of nitrogen functional groups attached to an aromatic ring is 1. The number of rotatable bonds is 2. The molecule has 1 heterocycles. The number of hydrogen-bond acceptors (Lipinski definition) is 2. The van der Waals surface area contributed by atoms with Crippen LogP contribution in [0.25, 0.3) is 33.4 Å². The van der Waals surface area contributed by atoms with Crippen LogP contribution >= 0.6 is 22.6 Å². The van der Waals surface area contributed by atoms with Crippen molar-refractivity contribution >= 4 is 39.2 Å². The predicted octanol–water partition coefficient (Wildman–Crippen LogP) is 5.95. The Kier molecular flexibility index (Phi) is 3.58. The standard InChI is InChI=1S/C20H14INO/c21-19-16-10-4-6-12-18(16)23-20(19)15-9-2-1-7-13(15)14-8-3-5-11-17(14)22/h1-12H,22H2. The van der Waals surface area contributed by atoms with Crippen LogP contribution in [0.3, 0.4) is 0 Å². The average Bonchev–Trinajstić information content (AvgIpc) is 2.93. The minimum absolute atomic E-state index is 0.770. The molecule has 2 nitrogen and oxygen atoms in total. The molecule has 112 valence electrons. The van der Waals surface area contributed by atoms with E-state index in [4.69, 9.17) is 10.2 Å². The van der Waals surface area contributed by atoms with E-state index in [0.717, 1.165) is 42.7 Å². The van der Waals surface area contributed by atoms with E-state index in [1.165, 1.54) is 0 Å². The Labute approximate surface area is 148 Å². The molecule has 1 aromatic heterocycles. The first-order valence-corrected chi connectivity index (χ1v) is 8.45. The summed E-state index contributed by atoms with van der Waals surface area (Å²) in [6.07, 6.45) is 0. The van der Waals surface area contributed by atoms with Gasteiger partial charge in [-0.3, -0.25) is 0 Å². The molecule has 0 saturated heterocycles. The minimum atomic E-state index is 0.770. The van der Waals surface area contributed by atoms with Gasteiger partial charge in [0.05, 0.1) is 3.57 Å². The van der Waals surface area contributed by atoms with Crippen LogP contribution < -0.4 is 5.73 Å². The van der Waals surface area contributed by atoms with Crippen molar-refractivity contribution in [1.82, 2.24) is 0 Å². The third-order valence-electron chi connectivity index (χ3n) is 3.96. The maximum atomic E-state index is 6.18. The average molecular weight is 411 g/mol. The zero-order valence-electron chi connectivity index (χ0n) is 12.3. The van der Waals surface area contributed by atoms with Gasteiger partial charge in [0.15, 0.2) is 0 Å². The van der Waals surface area contributed by atoms with Crippen molar-refractivity contribution < 1.29 is 4.42 Å². The zero-order chi connectivity index (χ0) is 15.8. The van der Waals surface area contributed by atoms with Gasteiger partial charge in [-0.2, -0.15) is 0 Å². The third-order valence-corrected chi connectivity index (χ3v) is 5.03. The molecule has 2 N–H and O–H groups in total. The molecule has 0 bridgehead atoms. The number of furan rings is 1. The van der Waals surface area contributed by atoms with E-state index in [1.807, 2.05) is 54.6 Å². The van der Waals surface area contributed by atoms with E-state index >= 15 is 0 Å². The van der Waals surface area contributed by atoms with Crippen LogP contribution in [0.5, 0.6) is 0 Å². The number of fused-ring (bicyclic) bond motifs is 1. The van der Waals surface area contributed by atoms with Crippen LogP contribution in [0, 0.1) is 3.57 Å². The van der Waals surface area contributed by atoms with E-state index in [9.17, 15) is 0 Å². The lowest BCUT2D eigenvalue weighted by Crippen LogP contribution is -1.91. The van der Waals surface area contributed by atoms with Crippen LogP contribution in [0.15, 0.2) is 77.2 Å². The second-order valence-electron chi connectivity index (χ2n) is 5.37. The van der Waals surface area contributed by atoms with Gasteiger partial charge in [0, 0.05) is 22.2 Å². The molecular formula is C20H14INO. The Hall–Kier alpha value is -2.27. The quantitative estimate of drug-likeness (QED) is 0.327. The van der Waals surface area contributed by atoms with Gasteiger partial charge in [0.1, 0.15) is 11.3 Å². The number of benzene rings is 3. The Morgan fingerprint density at radius 2 is 1.30 bits per heavy atom. The first kappa shape index (κ1) is 14.3. The van der Waals surface area contributed by atoms with Gasteiger partial charge in [-0.1, -0.05) is 60.7 Å². The van der Waals surface area contributed by atoms with Crippen molar-refractivity contribution in [2.24, 2.45) is 0 Å². The van der Waals surface area contributed by atoms with Crippen LogP contribution in [0.2, 0.25) is 0 Å². The second kappa shape index (κ2) is 5.74. The van der Waals surface area contributed by atoms with Crippen molar-refractivity contribution in [3.8, 4) is 22.5 Å². The van der Waals surface area contributed by atoms with Crippen molar-refractivity contribution in [3.63, 3.8) is 0 Å². The highest BCUT2D eigenvalue weighted by atomic mass is 127. The molecule has 0 aliphatic rings. The number of hydrogen-bond donors (Lipinski definition) is 1. The Bertz CT molecular complexity index is 1000. The molecule has 0 aliphatic carbocycles. The lowest BCUT2D eigenvalue weighted by atomic mass is 9.97. The Balaban J connectivity index is 2.00. The predicted molar refractivity (Wildman–Crippen MR) is 104 cm³/mol. The topological polar surface area (TPSA) is 39.2 Å². The fourth-order valence-electron chi connectivity index (χ4n) is 2.85. The number of nitrogens with two attached hydrogens (primary N) is 1. The fraction of sp³-hybridized carbons (Fsp3) is 0. The fourth-order valence-corrected chi connectivity index (χ4v) is 3.69. The highest BCUT2D eigenvalue weighted by molar-refractivity contribution is 14.1. The first-order valence-electron chi connectivity index (χ1n) is 7.37. The van der Waals surface area contributed by atoms with E-state index in [0.29, 0.717) is 0 Å². The first-order chi connectivity index (χ1) is 11.3. The van der Waals surface area contributed by atoms with Crippen LogP contribution in [0.1, 0.15) is 0 Å². The van der Waals surface area contributed by atoms with E-state index in [-0.39, 0.29) is 0 Å². The summed E-state index contributed by atoms with van der Waals surface area (Å²) in [6.45, 7) is 0. The van der Waals surface area contributed by atoms with E-state index in [2.05, 4.69) is 40.8 Å². The highest BCUT2D eigenvalue weighted by Crippen LogP contribution is 2.40. The molecule has 3 heteroatoms. The largest absolute Gasteiger partial charge is 0.455 e. The summed E-state index contributed by atoms with van der Waals surface area (Å²) in [5.41, 5.74) is 11.0. The molecule has 23 heavy (non-hydrogen) atoms. The zero-order valence-corrected chi connectivity index (χ0v) is 14.4. The van der Waals surface area contributed by atoms with Gasteiger partial charge in [0.2, 0.25) is 0 Å². The molecule has 0 aliphatic heterocycles. The van der Waals surface area contributed by atoms with Gasteiger partial charge in [-0.15, -0.1) is 0 Å². The smallest absolute Gasteiger partial charge is 0.149 e. The lowest BCUT2D eigenvalue weighted by Gasteiger charge is -2.10. The molecule has 0 spiro atoms. The molecule has 4 aromatic rings. The van der Waals surface area contributed by atoms with Crippen LogP contribution in [-0.2, 0) is 0 Å². The molecule has 0 amide bonds. The van der Waals surface area contributed by atoms with Crippen molar-refractivity contribution in [2.75, 3.05) is 5.73 Å². The van der Waals surface area contributed by atoms with E-state index in [1.54, 1.807) is 0 Å². The molecule has 0 atom stereocenters. The summed E-state index contributed by atoms with van der Waals surface area (Å²) in [5.74, 6) is 0.894. The summed E-state index contributed by atoms with van der Waals surface area (Å²) < 4.78 is 7.26. The lowest BCUT2D eigenvalue weighted by molar-refractivity contribution is 0.630.